The molecule has 0 saturated carbocycles. The van der Waals surface area contributed by atoms with Gasteiger partial charge in [0.25, 0.3) is 0 Å². The van der Waals surface area contributed by atoms with E-state index in [0.717, 1.165) is 31.6 Å². The molecule has 2 aliphatic rings. The van der Waals surface area contributed by atoms with Crippen molar-refractivity contribution in [3.05, 3.63) is 29.8 Å². The van der Waals surface area contributed by atoms with Crippen LogP contribution < -0.4 is 10.6 Å². The number of nitrogens with two attached hydrogens (primary N) is 1. The van der Waals surface area contributed by atoms with Crippen molar-refractivity contribution in [1.82, 2.24) is 4.90 Å². The van der Waals surface area contributed by atoms with Crippen molar-refractivity contribution in [3.8, 4) is 0 Å². The Morgan fingerprint density at radius 2 is 2.05 bits per heavy atom. The van der Waals surface area contributed by atoms with Crippen molar-refractivity contribution in [2.75, 3.05) is 24.5 Å². The van der Waals surface area contributed by atoms with Crippen molar-refractivity contribution in [2.45, 2.75) is 38.8 Å². The summed E-state index contributed by atoms with van der Waals surface area (Å²) in [6.07, 6.45) is 2.02. The van der Waals surface area contributed by atoms with Crippen LogP contribution in [0.25, 0.3) is 0 Å². The van der Waals surface area contributed by atoms with Crippen LogP contribution >= 0.6 is 0 Å². The summed E-state index contributed by atoms with van der Waals surface area (Å²) in [5.74, 6) is 0.776. The zero-order valence-electron chi connectivity index (χ0n) is 13.0. The fourth-order valence-corrected chi connectivity index (χ4v) is 3.86. The van der Waals surface area contributed by atoms with Crippen LogP contribution in [-0.2, 0) is 11.2 Å². The Kier molecular flexibility index (Phi) is 4.00. The molecule has 21 heavy (non-hydrogen) atoms. The molecule has 0 spiro atoms. The third kappa shape index (κ3) is 2.97. The summed E-state index contributed by atoms with van der Waals surface area (Å²) in [6.45, 7) is 6.63. The summed E-state index contributed by atoms with van der Waals surface area (Å²) in [7, 11) is 0. The number of amides is 1. The number of carbonyl (C=O) groups excluding carboxylic acids is 1. The van der Waals surface area contributed by atoms with Crippen molar-refractivity contribution in [2.24, 2.45) is 11.7 Å². The number of benzene rings is 1. The molecule has 1 aromatic carbocycles. The molecule has 1 fully saturated rings. The first kappa shape index (κ1) is 14.5. The maximum atomic E-state index is 12.7. The van der Waals surface area contributed by atoms with Gasteiger partial charge in [0.2, 0.25) is 5.91 Å². The molecule has 2 heterocycles. The third-order valence-electron chi connectivity index (χ3n) is 4.60. The lowest BCUT2D eigenvalue weighted by Crippen LogP contribution is -2.51. The summed E-state index contributed by atoms with van der Waals surface area (Å²) < 4.78 is 0. The number of carbonyl (C=O) groups is 1. The minimum Gasteiger partial charge on any atom is -0.327 e. The molecule has 0 aromatic heterocycles. The van der Waals surface area contributed by atoms with Gasteiger partial charge < -0.3 is 10.6 Å². The lowest BCUT2D eigenvalue weighted by atomic mass is 9.96. The van der Waals surface area contributed by atoms with Crippen LogP contribution in [0.1, 0.15) is 25.8 Å². The van der Waals surface area contributed by atoms with E-state index in [0.29, 0.717) is 12.5 Å². The number of fused-ring (bicyclic) bond motifs is 1. The summed E-state index contributed by atoms with van der Waals surface area (Å²) in [6, 6.07) is 8.69. The van der Waals surface area contributed by atoms with Gasteiger partial charge in [-0.05, 0) is 37.3 Å². The highest BCUT2D eigenvalue weighted by Gasteiger charge is 2.32. The van der Waals surface area contributed by atoms with E-state index < -0.39 is 0 Å². The lowest BCUT2D eigenvalue weighted by molar-refractivity contribution is -0.120. The normalized spacial score (nSPS) is 29.5. The summed E-state index contributed by atoms with van der Waals surface area (Å²) >= 11 is 0. The van der Waals surface area contributed by atoms with Crippen molar-refractivity contribution in [3.63, 3.8) is 0 Å². The number of rotatable bonds is 2. The van der Waals surface area contributed by atoms with Crippen LogP contribution in [0.3, 0.4) is 0 Å². The molecule has 114 valence electrons. The number of para-hydroxylation sites is 1. The number of nitrogens with zero attached hydrogens (tertiary/aromatic N) is 2. The van der Waals surface area contributed by atoms with Gasteiger partial charge in [-0.3, -0.25) is 9.69 Å². The molecule has 3 rings (SSSR count). The molecular weight excluding hydrogens is 262 g/mol. The molecule has 1 saturated heterocycles. The first-order valence-electron chi connectivity index (χ1n) is 7.92. The molecule has 4 heteroatoms. The van der Waals surface area contributed by atoms with E-state index in [2.05, 4.69) is 30.9 Å². The van der Waals surface area contributed by atoms with Crippen molar-refractivity contribution in [1.29, 1.82) is 0 Å². The maximum absolute atomic E-state index is 12.7. The van der Waals surface area contributed by atoms with E-state index in [4.69, 9.17) is 5.73 Å². The second kappa shape index (κ2) is 5.78. The van der Waals surface area contributed by atoms with Crippen LogP contribution in [0.15, 0.2) is 24.3 Å². The van der Waals surface area contributed by atoms with E-state index in [9.17, 15) is 4.79 Å². The van der Waals surface area contributed by atoms with E-state index in [1.54, 1.807) is 0 Å². The van der Waals surface area contributed by atoms with E-state index in [-0.39, 0.29) is 18.0 Å². The number of anilines is 1. The van der Waals surface area contributed by atoms with Crippen LogP contribution in [0.2, 0.25) is 0 Å². The monoisotopic (exact) mass is 287 g/mol. The van der Waals surface area contributed by atoms with Crippen LogP contribution in [0, 0.1) is 5.92 Å². The minimum atomic E-state index is 0.199. The standard InChI is InChI=1S/C17H25N3O/c1-12-7-15(18)10-19(9-12)11-17(21)20-13(2)8-14-5-3-4-6-16(14)20/h3-6,12-13,15H,7-11,18H2,1-2H3. The Balaban J connectivity index is 1.71. The van der Waals surface area contributed by atoms with Crippen LogP contribution in [-0.4, -0.2) is 42.5 Å². The van der Waals surface area contributed by atoms with Gasteiger partial charge in [-0.15, -0.1) is 0 Å². The van der Waals surface area contributed by atoms with Crippen molar-refractivity contribution >= 4 is 11.6 Å². The first-order chi connectivity index (χ1) is 10.0. The van der Waals surface area contributed by atoms with E-state index in [1.807, 2.05) is 17.0 Å². The Bertz CT molecular complexity index is 521. The van der Waals surface area contributed by atoms with E-state index >= 15 is 0 Å². The number of piperidine rings is 1. The van der Waals surface area contributed by atoms with Gasteiger partial charge in [-0.25, -0.2) is 0 Å². The van der Waals surface area contributed by atoms with Gasteiger partial charge in [-0.1, -0.05) is 25.1 Å². The molecule has 0 aliphatic carbocycles. The van der Waals surface area contributed by atoms with Crippen LogP contribution in [0.4, 0.5) is 5.69 Å². The quantitative estimate of drug-likeness (QED) is 0.899. The van der Waals surface area contributed by atoms with Gasteiger partial charge in [0.1, 0.15) is 0 Å². The van der Waals surface area contributed by atoms with Gasteiger partial charge in [0.05, 0.1) is 6.54 Å². The number of likely N-dealkylation sites (tertiary alicyclic amines) is 1. The number of hydrogen-bond acceptors (Lipinski definition) is 3. The van der Waals surface area contributed by atoms with Gasteiger partial charge in [0.15, 0.2) is 0 Å². The molecule has 3 atom stereocenters. The maximum Gasteiger partial charge on any atom is 0.241 e. The predicted molar refractivity (Wildman–Crippen MR) is 85.3 cm³/mol. The minimum absolute atomic E-state index is 0.199. The fourth-order valence-electron chi connectivity index (χ4n) is 3.86. The zero-order valence-corrected chi connectivity index (χ0v) is 13.0. The zero-order chi connectivity index (χ0) is 15.0. The number of hydrogen-bond donors (Lipinski definition) is 1. The third-order valence-corrected chi connectivity index (χ3v) is 4.60. The van der Waals surface area contributed by atoms with Crippen LogP contribution in [0.5, 0.6) is 0 Å². The largest absolute Gasteiger partial charge is 0.327 e. The van der Waals surface area contributed by atoms with E-state index in [1.165, 1.54) is 5.56 Å². The molecule has 2 N–H and O–H groups in total. The summed E-state index contributed by atoms with van der Waals surface area (Å²) in [5.41, 5.74) is 8.45. The van der Waals surface area contributed by atoms with Gasteiger partial charge in [-0.2, -0.15) is 0 Å². The molecule has 1 aromatic rings. The first-order valence-corrected chi connectivity index (χ1v) is 7.92. The average molecular weight is 287 g/mol. The van der Waals surface area contributed by atoms with Gasteiger partial charge in [0, 0.05) is 30.9 Å². The predicted octanol–water partition coefficient (Wildman–Crippen LogP) is 1.63. The fraction of sp³-hybridized carbons (Fsp3) is 0.588. The molecule has 0 radical (unpaired) electrons. The van der Waals surface area contributed by atoms with Gasteiger partial charge >= 0.3 is 0 Å². The Morgan fingerprint density at radius 3 is 2.81 bits per heavy atom. The topological polar surface area (TPSA) is 49.6 Å². The smallest absolute Gasteiger partial charge is 0.241 e. The highest BCUT2D eigenvalue weighted by molar-refractivity contribution is 5.97. The highest BCUT2D eigenvalue weighted by atomic mass is 16.2. The Labute approximate surface area is 126 Å². The molecule has 3 unspecified atom stereocenters. The molecule has 0 bridgehead atoms. The second-order valence-corrected chi connectivity index (χ2v) is 6.74. The lowest BCUT2D eigenvalue weighted by Gasteiger charge is -2.35. The molecule has 2 aliphatic heterocycles. The SMILES string of the molecule is CC1CC(N)CN(CC(=O)N2c3ccccc3CC2C)C1. The molecule has 1 amide bonds. The van der Waals surface area contributed by atoms with Crippen molar-refractivity contribution < 1.29 is 4.79 Å². The Hall–Kier alpha value is -1.39. The highest BCUT2D eigenvalue weighted by Crippen LogP contribution is 2.32. The Morgan fingerprint density at radius 1 is 1.29 bits per heavy atom. The average Bonchev–Trinajstić information content (AvgIpc) is 2.73. The molecular formula is C17H25N3O. The second-order valence-electron chi connectivity index (χ2n) is 6.74. The summed E-state index contributed by atoms with van der Waals surface area (Å²) in [5, 5.41) is 0. The molecule has 4 nitrogen and oxygen atoms in total. The summed E-state index contributed by atoms with van der Waals surface area (Å²) in [4.78, 5) is 16.9.